The van der Waals surface area contributed by atoms with Crippen LogP contribution in [0.15, 0.2) is 27.4 Å². The van der Waals surface area contributed by atoms with Crippen LogP contribution in [0.2, 0.25) is 0 Å². The summed E-state index contributed by atoms with van der Waals surface area (Å²) in [6, 6.07) is 5.53. The molecule has 1 saturated carbocycles. The summed E-state index contributed by atoms with van der Waals surface area (Å²) in [7, 11) is 0. The van der Waals surface area contributed by atoms with Crippen molar-refractivity contribution >= 4 is 22.7 Å². The Balaban J connectivity index is 1.60. The van der Waals surface area contributed by atoms with Crippen LogP contribution in [0.25, 0.3) is 11.1 Å². The predicted octanol–water partition coefficient (Wildman–Crippen LogP) is 1.59. The number of hydrogen-bond donors (Lipinski definition) is 3. The number of hydrogen-bond acceptors (Lipinski definition) is 4. The van der Waals surface area contributed by atoms with Crippen LogP contribution in [-0.2, 0) is 4.79 Å². The van der Waals surface area contributed by atoms with E-state index >= 15 is 0 Å². The first kappa shape index (κ1) is 12.9. The van der Waals surface area contributed by atoms with E-state index in [1.165, 1.54) is 12.8 Å². The highest BCUT2D eigenvalue weighted by atomic mass is 16.4. The molecule has 0 unspecified atom stereocenters. The fourth-order valence-corrected chi connectivity index (χ4v) is 2.60. The molecule has 1 amide bonds. The van der Waals surface area contributed by atoms with Crippen LogP contribution in [0.4, 0.5) is 5.69 Å². The third-order valence-electron chi connectivity index (χ3n) is 3.61. The minimum Gasteiger partial charge on any atom is -0.408 e. The normalized spacial score (nSPS) is 15.8. The first-order valence-corrected chi connectivity index (χ1v) is 6.87. The molecule has 20 heavy (non-hydrogen) atoms. The molecule has 0 radical (unpaired) electrons. The van der Waals surface area contributed by atoms with Gasteiger partial charge in [-0.1, -0.05) is 12.8 Å². The number of aromatic nitrogens is 1. The van der Waals surface area contributed by atoms with Gasteiger partial charge in [-0.15, -0.1) is 0 Å². The van der Waals surface area contributed by atoms with E-state index in [1.807, 2.05) is 0 Å². The molecule has 0 aliphatic heterocycles. The van der Waals surface area contributed by atoms with Gasteiger partial charge in [-0.2, -0.15) is 0 Å². The van der Waals surface area contributed by atoms with Crippen LogP contribution in [0.1, 0.15) is 25.7 Å². The fourth-order valence-electron chi connectivity index (χ4n) is 2.60. The van der Waals surface area contributed by atoms with Gasteiger partial charge in [-0.25, -0.2) is 4.79 Å². The van der Waals surface area contributed by atoms with Crippen molar-refractivity contribution in [2.24, 2.45) is 0 Å². The van der Waals surface area contributed by atoms with E-state index in [0.717, 1.165) is 12.8 Å². The topological polar surface area (TPSA) is 87.1 Å². The van der Waals surface area contributed by atoms with Crippen molar-refractivity contribution in [2.75, 3.05) is 11.9 Å². The lowest BCUT2D eigenvalue weighted by molar-refractivity contribution is -0.115. The van der Waals surface area contributed by atoms with Crippen LogP contribution < -0.4 is 16.4 Å². The second-order valence-electron chi connectivity index (χ2n) is 5.14. The van der Waals surface area contributed by atoms with Crippen molar-refractivity contribution < 1.29 is 9.21 Å². The largest absolute Gasteiger partial charge is 0.417 e. The molecule has 3 N–H and O–H groups in total. The fraction of sp³-hybridized carbons (Fsp3) is 0.429. The summed E-state index contributed by atoms with van der Waals surface area (Å²) in [5.41, 5.74) is 1.71. The molecule has 1 fully saturated rings. The molecule has 6 heteroatoms. The van der Waals surface area contributed by atoms with E-state index in [0.29, 0.717) is 29.4 Å². The molecule has 106 valence electrons. The molecule has 3 rings (SSSR count). The smallest absolute Gasteiger partial charge is 0.408 e. The van der Waals surface area contributed by atoms with Crippen molar-refractivity contribution in [3.05, 3.63) is 28.7 Å². The van der Waals surface area contributed by atoms with Gasteiger partial charge >= 0.3 is 5.76 Å². The summed E-state index contributed by atoms with van der Waals surface area (Å²) in [6.07, 6.45) is 4.78. The molecule has 1 aliphatic rings. The lowest BCUT2D eigenvalue weighted by atomic mass is 10.2. The Hall–Kier alpha value is -2.08. The zero-order chi connectivity index (χ0) is 13.9. The van der Waals surface area contributed by atoms with Crippen molar-refractivity contribution in [2.45, 2.75) is 31.7 Å². The number of carbonyl (C=O) groups excluding carboxylic acids is 1. The van der Waals surface area contributed by atoms with Gasteiger partial charge in [0.1, 0.15) is 0 Å². The number of anilines is 1. The Morgan fingerprint density at radius 2 is 2.15 bits per heavy atom. The average molecular weight is 275 g/mol. The molecule has 0 saturated heterocycles. The summed E-state index contributed by atoms with van der Waals surface area (Å²) in [5, 5.41) is 6.06. The van der Waals surface area contributed by atoms with Gasteiger partial charge in [-0.3, -0.25) is 9.78 Å². The first-order valence-electron chi connectivity index (χ1n) is 6.87. The molecular weight excluding hydrogens is 258 g/mol. The van der Waals surface area contributed by atoms with Gasteiger partial charge in [0.25, 0.3) is 0 Å². The minimum atomic E-state index is -0.494. The predicted molar refractivity (Wildman–Crippen MR) is 75.7 cm³/mol. The molecule has 2 aromatic rings. The monoisotopic (exact) mass is 275 g/mol. The van der Waals surface area contributed by atoms with Crippen LogP contribution in [0.3, 0.4) is 0 Å². The zero-order valence-electron chi connectivity index (χ0n) is 11.1. The van der Waals surface area contributed by atoms with Gasteiger partial charge in [0.2, 0.25) is 5.91 Å². The number of amides is 1. The van der Waals surface area contributed by atoms with Crippen molar-refractivity contribution in [1.82, 2.24) is 10.3 Å². The number of fused-ring (bicyclic) bond motifs is 1. The summed E-state index contributed by atoms with van der Waals surface area (Å²) >= 11 is 0. The molecular formula is C14H17N3O3. The van der Waals surface area contributed by atoms with Crippen molar-refractivity contribution in [3.8, 4) is 0 Å². The maximum absolute atomic E-state index is 11.8. The third-order valence-corrected chi connectivity index (χ3v) is 3.61. The summed E-state index contributed by atoms with van der Waals surface area (Å²) < 4.78 is 4.91. The number of carbonyl (C=O) groups is 1. The van der Waals surface area contributed by atoms with Crippen LogP contribution in [-0.4, -0.2) is 23.5 Å². The van der Waals surface area contributed by atoms with E-state index < -0.39 is 5.76 Å². The highest BCUT2D eigenvalue weighted by Crippen LogP contribution is 2.18. The first-order chi connectivity index (χ1) is 9.70. The SMILES string of the molecule is O=C(CNC1CCCC1)Nc1ccc2oc(=O)[nH]c2c1. The molecule has 0 atom stereocenters. The molecule has 1 heterocycles. The second-order valence-corrected chi connectivity index (χ2v) is 5.14. The highest BCUT2D eigenvalue weighted by Gasteiger charge is 2.15. The molecule has 1 aromatic carbocycles. The summed E-state index contributed by atoms with van der Waals surface area (Å²) in [4.78, 5) is 25.5. The van der Waals surface area contributed by atoms with E-state index in [2.05, 4.69) is 15.6 Å². The Kier molecular flexibility index (Phi) is 3.56. The third kappa shape index (κ3) is 2.91. The van der Waals surface area contributed by atoms with Crippen LogP contribution in [0.5, 0.6) is 0 Å². The lowest BCUT2D eigenvalue weighted by Gasteiger charge is -2.11. The maximum Gasteiger partial charge on any atom is 0.417 e. The number of nitrogens with one attached hydrogen (secondary N) is 3. The molecule has 0 bridgehead atoms. The van der Waals surface area contributed by atoms with Crippen LogP contribution >= 0.6 is 0 Å². The Bertz CT molecular complexity index is 668. The Morgan fingerprint density at radius 3 is 2.95 bits per heavy atom. The minimum absolute atomic E-state index is 0.0814. The van der Waals surface area contributed by atoms with Gasteiger partial charge in [0, 0.05) is 11.7 Å². The number of H-pyrrole nitrogens is 1. The summed E-state index contributed by atoms with van der Waals surface area (Å²) in [5.74, 6) is -0.575. The van der Waals surface area contributed by atoms with Crippen molar-refractivity contribution in [3.63, 3.8) is 0 Å². The number of benzene rings is 1. The van der Waals surface area contributed by atoms with E-state index in [1.54, 1.807) is 18.2 Å². The Labute approximate surface area is 115 Å². The van der Waals surface area contributed by atoms with Crippen molar-refractivity contribution in [1.29, 1.82) is 0 Å². The maximum atomic E-state index is 11.8. The zero-order valence-corrected chi connectivity index (χ0v) is 11.1. The molecule has 6 nitrogen and oxygen atoms in total. The average Bonchev–Trinajstić information content (AvgIpc) is 3.04. The van der Waals surface area contributed by atoms with Gasteiger partial charge in [-0.05, 0) is 31.0 Å². The summed E-state index contributed by atoms with van der Waals surface area (Å²) in [6.45, 7) is 0.310. The number of oxazole rings is 1. The van der Waals surface area contributed by atoms with E-state index in [4.69, 9.17) is 4.42 Å². The number of aromatic amines is 1. The quantitative estimate of drug-likeness (QED) is 0.790. The Morgan fingerprint density at radius 1 is 1.35 bits per heavy atom. The van der Waals surface area contributed by atoms with Gasteiger partial charge < -0.3 is 15.1 Å². The second kappa shape index (κ2) is 5.50. The lowest BCUT2D eigenvalue weighted by Crippen LogP contribution is -2.34. The van der Waals surface area contributed by atoms with Gasteiger partial charge in [0.05, 0.1) is 12.1 Å². The van der Waals surface area contributed by atoms with Crippen LogP contribution in [0, 0.1) is 0 Å². The van der Waals surface area contributed by atoms with E-state index in [9.17, 15) is 9.59 Å². The molecule has 0 spiro atoms. The standard InChI is InChI=1S/C14H17N3O3/c18-13(8-15-9-3-1-2-4-9)16-10-5-6-12-11(7-10)17-14(19)20-12/h5-7,9,15H,1-4,8H2,(H,16,18)(H,17,19). The molecule has 1 aromatic heterocycles. The molecule has 1 aliphatic carbocycles. The highest BCUT2D eigenvalue weighted by molar-refractivity contribution is 5.94. The van der Waals surface area contributed by atoms with Gasteiger partial charge in [0.15, 0.2) is 5.58 Å². The van der Waals surface area contributed by atoms with E-state index in [-0.39, 0.29) is 5.91 Å². The number of rotatable bonds is 4.